The Hall–Kier alpha value is -1.26. The summed E-state index contributed by atoms with van der Waals surface area (Å²) in [7, 11) is 0. The van der Waals surface area contributed by atoms with Gasteiger partial charge in [-0.25, -0.2) is 0 Å². The zero-order valence-corrected chi connectivity index (χ0v) is 12.2. The molecule has 3 nitrogen and oxygen atoms in total. The van der Waals surface area contributed by atoms with Crippen molar-refractivity contribution in [2.75, 3.05) is 5.75 Å². The summed E-state index contributed by atoms with van der Waals surface area (Å²) in [6, 6.07) is 8.27. The summed E-state index contributed by atoms with van der Waals surface area (Å²) in [5.41, 5.74) is 2.36. The molecule has 2 aromatic rings. The van der Waals surface area contributed by atoms with Crippen LogP contribution in [0.25, 0.3) is 0 Å². The van der Waals surface area contributed by atoms with Gasteiger partial charge in [-0.15, -0.1) is 11.8 Å². The lowest BCUT2D eigenvalue weighted by molar-refractivity contribution is 0.200. The van der Waals surface area contributed by atoms with Crippen LogP contribution in [0.15, 0.2) is 41.6 Å². The Balaban J connectivity index is 1.84. The highest BCUT2D eigenvalue weighted by Gasteiger charge is 2.09. The predicted molar refractivity (Wildman–Crippen MR) is 79.5 cm³/mol. The third-order valence-corrected chi connectivity index (χ3v) is 4.33. The molecule has 19 heavy (non-hydrogen) atoms. The Morgan fingerprint density at radius 3 is 2.84 bits per heavy atom. The van der Waals surface area contributed by atoms with Gasteiger partial charge in [0.15, 0.2) is 0 Å². The molecule has 0 aliphatic carbocycles. The van der Waals surface area contributed by atoms with E-state index in [1.165, 1.54) is 10.5 Å². The number of aromatic nitrogens is 2. The molecular formula is C15H20N2OS. The van der Waals surface area contributed by atoms with E-state index in [1.807, 2.05) is 29.2 Å². The summed E-state index contributed by atoms with van der Waals surface area (Å²) in [6.45, 7) is 5.02. The van der Waals surface area contributed by atoms with Crippen molar-refractivity contribution in [2.45, 2.75) is 37.8 Å². The molecule has 102 valence electrons. The smallest absolute Gasteiger partial charge is 0.0675 e. The zero-order valence-electron chi connectivity index (χ0n) is 11.4. The minimum atomic E-state index is -0.334. The lowest BCUT2D eigenvalue weighted by Crippen LogP contribution is -2.13. The van der Waals surface area contributed by atoms with E-state index in [-0.39, 0.29) is 6.10 Å². The minimum absolute atomic E-state index is 0.334. The first kappa shape index (κ1) is 14.2. The molecule has 0 amide bonds. The number of aliphatic hydroxyl groups excluding tert-OH is 1. The van der Waals surface area contributed by atoms with Crippen LogP contribution in [-0.2, 0) is 13.0 Å². The van der Waals surface area contributed by atoms with Gasteiger partial charge in [-0.1, -0.05) is 18.2 Å². The van der Waals surface area contributed by atoms with Crippen molar-refractivity contribution in [3.05, 3.63) is 47.8 Å². The van der Waals surface area contributed by atoms with Gasteiger partial charge in [0, 0.05) is 29.8 Å². The molecule has 0 aliphatic rings. The van der Waals surface area contributed by atoms with Crippen LogP contribution >= 0.6 is 11.8 Å². The molecule has 1 N–H and O–H groups in total. The molecule has 1 aromatic heterocycles. The number of hydrogen-bond donors (Lipinski definition) is 1. The van der Waals surface area contributed by atoms with Crippen LogP contribution in [0, 0.1) is 6.92 Å². The number of hydrogen-bond acceptors (Lipinski definition) is 3. The molecule has 1 heterocycles. The number of aliphatic hydroxyl groups is 1. The van der Waals surface area contributed by atoms with E-state index < -0.39 is 0 Å². The molecule has 4 heteroatoms. The first-order chi connectivity index (χ1) is 9.19. The minimum Gasteiger partial charge on any atom is -0.392 e. The zero-order chi connectivity index (χ0) is 13.7. The van der Waals surface area contributed by atoms with E-state index in [0.29, 0.717) is 12.2 Å². The van der Waals surface area contributed by atoms with Crippen LogP contribution in [0.4, 0.5) is 0 Å². The number of aryl methyl sites for hydroxylation is 2. The maximum Gasteiger partial charge on any atom is 0.0675 e. The van der Waals surface area contributed by atoms with Crippen molar-refractivity contribution in [3.63, 3.8) is 0 Å². The first-order valence-corrected chi connectivity index (χ1v) is 7.55. The van der Waals surface area contributed by atoms with E-state index in [1.54, 1.807) is 11.8 Å². The highest BCUT2D eigenvalue weighted by Crippen LogP contribution is 2.23. The summed E-state index contributed by atoms with van der Waals surface area (Å²) in [6.07, 6.45) is 4.17. The van der Waals surface area contributed by atoms with Crippen LogP contribution < -0.4 is 0 Å². The molecule has 0 spiro atoms. The van der Waals surface area contributed by atoms with Gasteiger partial charge in [0.2, 0.25) is 0 Å². The van der Waals surface area contributed by atoms with E-state index in [4.69, 9.17) is 0 Å². The summed E-state index contributed by atoms with van der Waals surface area (Å²) in [5, 5.41) is 14.3. The molecule has 1 atom stereocenters. The Morgan fingerprint density at radius 2 is 2.16 bits per heavy atom. The van der Waals surface area contributed by atoms with E-state index >= 15 is 0 Å². The van der Waals surface area contributed by atoms with E-state index in [0.717, 1.165) is 12.1 Å². The molecule has 2 rings (SSSR count). The first-order valence-electron chi connectivity index (χ1n) is 6.57. The quantitative estimate of drug-likeness (QED) is 0.824. The van der Waals surface area contributed by atoms with Gasteiger partial charge in [-0.2, -0.15) is 5.10 Å². The molecule has 0 saturated carbocycles. The van der Waals surface area contributed by atoms with Crippen LogP contribution in [0.5, 0.6) is 0 Å². The summed E-state index contributed by atoms with van der Waals surface area (Å²) in [4.78, 5) is 1.24. The number of rotatable bonds is 6. The average Bonchev–Trinajstić information content (AvgIpc) is 2.85. The van der Waals surface area contributed by atoms with E-state index in [2.05, 4.69) is 31.1 Å². The van der Waals surface area contributed by atoms with Gasteiger partial charge in [0.05, 0.1) is 12.3 Å². The van der Waals surface area contributed by atoms with Gasteiger partial charge in [0.1, 0.15) is 0 Å². The second-order valence-electron chi connectivity index (χ2n) is 4.64. The summed E-state index contributed by atoms with van der Waals surface area (Å²) < 4.78 is 1.89. The number of nitrogens with zero attached hydrogens (tertiary/aromatic N) is 2. The fourth-order valence-electron chi connectivity index (χ4n) is 1.92. The van der Waals surface area contributed by atoms with Gasteiger partial charge in [-0.05, 0) is 31.0 Å². The van der Waals surface area contributed by atoms with Crippen molar-refractivity contribution < 1.29 is 5.11 Å². The Morgan fingerprint density at radius 1 is 1.37 bits per heavy atom. The Bertz CT molecular complexity index is 524. The fourth-order valence-corrected chi connectivity index (χ4v) is 2.88. The van der Waals surface area contributed by atoms with Gasteiger partial charge in [-0.3, -0.25) is 4.68 Å². The Kier molecular flexibility index (Phi) is 5.05. The number of benzene rings is 1. The van der Waals surface area contributed by atoms with Crippen molar-refractivity contribution >= 4 is 11.8 Å². The number of thioether (sulfide) groups is 1. The van der Waals surface area contributed by atoms with Crippen molar-refractivity contribution in [1.29, 1.82) is 0 Å². The second-order valence-corrected chi connectivity index (χ2v) is 5.70. The standard InChI is InChI=1S/C15H20N2OS/c1-3-17-10-13(9-16-17)8-14(18)11-19-15-7-5-4-6-12(15)2/h4-7,9-10,14,18H,3,8,11H2,1-2H3. The van der Waals surface area contributed by atoms with Gasteiger partial charge in [0.25, 0.3) is 0 Å². The molecule has 1 aromatic carbocycles. The van der Waals surface area contributed by atoms with Crippen LogP contribution in [0.1, 0.15) is 18.1 Å². The van der Waals surface area contributed by atoms with Crippen molar-refractivity contribution in [2.24, 2.45) is 0 Å². The van der Waals surface area contributed by atoms with Crippen LogP contribution in [-0.4, -0.2) is 26.7 Å². The fraction of sp³-hybridized carbons (Fsp3) is 0.400. The third-order valence-electron chi connectivity index (χ3n) is 3.01. The second kappa shape index (κ2) is 6.78. The van der Waals surface area contributed by atoms with Gasteiger partial charge < -0.3 is 5.11 Å². The molecule has 0 fully saturated rings. The largest absolute Gasteiger partial charge is 0.392 e. The summed E-state index contributed by atoms with van der Waals surface area (Å²) >= 11 is 1.71. The molecule has 0 radical (unpaired) electrons. The highest BCUT2D eigenvalue weighted by molar-refractivity contribution is 7.99. The maximum absolute atomic E-state index is 10.1. The molecule has 1 unspecified atom stereocenters. The molecule has 0 saturated heterocycles. The maximum atomic E-state index is 10.1. The summed E-state index contributed by atoms with van der Waals surface area (Å²) in [5.74, 6) is 0.710. The lowest BCUT2D eigenvalue weighted by Gasteiger charge is -2.10. The van der Waals surface area contributed by atoms with Crippen molar-refractivity contribution in [1.82, 2.24) is 9.78 Å². The molecular weight excluding hydrogens is 256 g/mol. The SMILES string of the molecule is CCn1cc(CC(O)CSc2ccccc2C)cn1. The monoisotopic (exact) mass is 276 g/mol. The molecule has 0 bridgehead atoms. The third kappa shape index (κ3) is 4.11. The average molecular weight is 276 g/mol. The topological polar surface area (TPSA) is 38.0 Å². The lowest BCUT2D eigenvalue weighted by atomic mass is 10.2. The predicted octanol–water partition coefficient (Wildman–Crippen LogP) is 2.91. The van der Waals surface area contributed by atoms with Crippen LogP contribution in [0.3, 0.4) is 0 Å². The normalized spacial score (nSPS) is 12.6. The van der Waals surface area contributed by atoms with Crippen molar-refractivity contribution in [3.8, 4) is 0 Å². The molecule has 0 aliphatic heterocycles. The van der Waals surface area contributed by atoms with Gasteiger partial charge >= 0.3 is 0 Å². The van der Waals surface area contributed by atoms with Crippen LogP contribution in [0.2, 0.25) is 0 Å². The highest BCUT2D eigenvalue weighted by atomic mass is 32.2. The van der Waals surface area contributed by atoms with E-state index in [9.17, 15) is 5.11 Å². The Labute approximate surface area is 118 Å².